The van der Waals surface area contributed by atoms with E-state index in [9.17, 15) is 4.39 Å². The minimum atomic E-state index is -0.486. The average Bonchev–Trinajstić information content (AvgIpc) is 2.83. The molecule has 2 rings (SSSR count). The van der Waals surface area contributed by atoms with Crippen molar-refractivity contribution in [2.24, 2.45) is 0 Å². The predicted molar refractivity (Wildman–Crippen MR) is 75.5 cm³/mol. The summed E-state index contributed by atoms with van der Waals surface area (Å²) in [6.45, 7) is 1.07. The van der Waals surface area contributed by atoms with E-state index in [0.717, 1.165) is 0 Å². The van der Waals surface area contributed by atoms with Crippen molar-refractivity contribution in [2.45, 2.75) is 19.5 Å². The van der Waals surface area contributed by atoms with Gasteiger partial charge >= 0.3 is 0 Å². The molecule has 2 N–H and O–H groups in total. The van der Waals surface area contributed by atoms with Gasteiger partial charge in [0, 0.05) is 13.2 Å². The number of hydrogen-bond acceptors (Lipinski definition) is 4. The fourth-order valence-corrected chi connectivity index (χ4v) is 2.25. The lowest BCUT2D eigenvalue weighted by Gasteiger charge is -2.08. The molecule has 0 saturated heterocycles. The number of halogens is 3. The lowest BCUT2D eigenvalue weighted by Crippen LogP contribution is -2.02. The molecule has 0 atom stereocenters. The molecule has 0 spiro atoms. The second kappa shape index (κ2) is 6.88. The molecule has 2 aromatic rings. The molecule has 1 aromatic heterocycles. The molecular formula is C12H13Cl2FN4O. The van der Waals surface area contributed by atoms with Crippen LogP contribution in [-0.2, 0) is 13.1 Å². The molecule has 0 unspecified atom stereocenters. The number of aliphatic hydroxyl groups is 1. The fourth-order valence-electron chi connectivity index (χ4n) is 1.65. The normalized spacial score (nSPS) is 10.8. The Bertz CT molecular complexity index is 568. The average molecular weight is 319 g/mol. The Morgan fingerprint density at radius 1 is 1.30 bits per heavy atom. The third kappa shape index (κ3) is 3.82. The zero-order valence-corrected chi connectivity index (χ0v) is 12.0. The van der Waals surface area contributed by atoms with E-state index < -0.39 is 5.82 Å². The highest BCUT2D eigenvalue weighted by Crippen LogP contribution is 2.31. The monoisotopic (exact) mass is 318 g/mol. The van der Waals surface area contributed by atoms with Crippen LogP contribution < -0.4 is 5.32 Å². The maximum absolute atomic E-state index is 13.1. The van der Waals surface area contributed by atoms with Crippen LogP contribution in [0.3, 0.4) is 0 Å². The van der Waals surface area contributed by atoms with Gasteiger partial charge in [0.1, 0.15) is 11.5 Å². The van der Waals surface area contributed by atoms with Crippen LogP contribution in [0.2, 0.25) is 10.0 Å². The number of aryl methyl sites for hydroxylation is 1. The lowest BCUT2D eigenvalue weighted by atomic mass is 10.3. The van der Waals surface area contributed by atoms with Gasteiger partial charge in [0.05, 0.1) is 28.5 Å². The van der Waals surface area contributed by atoms with Crippen molar-refractivity contribution in [1.29, 1.82) is 0 Å². The van der Waals surface area contributed by atoms with E-state index >= 15 is 0 Å². The van der Waals surface area contributed by atoms with Gasteiger partial charge in [0.25, 0.3) is 0 Å². The van der Waals surface area contributed by atoms with Gasteiger partial charge in [-0.25, -0.2) is 4.39 Å². The van der Waals surface area contributed by atoms with Crippen LogP contribution in [0.4, 0.5) is 10.1 Å². The van der Waals surface area contributed by atoms with E-state index in [4.69, 9.17) is 28.3 Å². The third-order valence-electron chi connectivity index (χ3n) is 2.58. The van der Waals surface area contributed by atoms with Crippen molar-refractivity contribution >= 4 is 28.9 Å². The number of anilines is 1. The Labute approximate surface area is 125 Å². The van der Waals surface area contributed by atoms with Gasteiger partial charge in [0.15, 0.2) is 0 Å². The van der Waals surface area contributed by atoms with Gasteiger partial charge in [-0.05, 0) is 18.6 Å². The van der Waals surface area contributed by atoms with E-state index in [1.807, 2.05) is 0 Å². The maximum Gasteiger partial charge on any atom is 0.126 e. The summed E-state index contributed by atoms with van der Waals surface area (Å²) in [5.74, 6) is -0.486. The number of benzene rings is 1. The number of rotatable bonds is 6. The summed E-state index contributed by atoms with van der Waals surface area (Å²) in [5, 5.41) is 20.0. The van der Waals surface area contributed by atoms with Gasteiger partial charge in [-0.1, -0.05) is 28.4 Å². The molecule has 5 nitrogen and oxygen atoms in total. The predicted octanol–water partition coefficient (Wildman–Crippen LogP) is 2.72. The summed E-state index contributed by atoms with van der Waals surface area (Å²) in [4.78, 5) is 0. The van der Waals surface area contributed by atoms with Crippen molar-refractivity contribution < 1.29 is 9.50 Å². The SMILES string of the molecule is OCCCn1cc(CNc2c(Cl)cc(F)cc2Cl)nn1. The fraction of sp³-hybridized carbons (Fsp3) is 0.333. The maximum atomic E-state index is 13.1. The third-order valence-corrected chi connectivity index (χ3v) is 3.18. The Morgan fingerprint density at radius 3 is 2.65 bits per heavy atom. The number of nitrogens with zero attached hydrogens (tertiary/aromatic N) is 3. The van der Waals surface area contributed by atoms with Crippen LogP contribution >= 0.6 is 23.2 Å². The van der Waals surface area contributed by atoms with E-state index in [1.54, 1.807) is 10.9 Å². The molecule has 108 valence electrons. The molecule has 0 aliphatic heterocycles. The molecule has 1 heterocycles. The first kappa shape index (κ1) is 15.0. The van der Waals surface area contributed by atoms with Gasteiger partial charge in [-0.3, -0.25) is 4.68 Å². The Balaban J connectivity index is 2.00. The molecular weight excluding hydrogens is 306 g/mol. The second-order valence-electron chi connectivity index (χ2n) is 4.15. The summed E-state index contributed by atoms with van der Waals surface area (Å²) in [7, 11) is 0. The molecule has 8 heteroatoms. The van der Waals surface area contributed by atoms with Crippen LogP contribution in [0.25, 0.3) is 0 Å². The van der Waals surface area contributed by atoms with Crippen LogP contribution in [-0.4, -0.2) is 26.7 Å². The largest absolute Gasteiger partial charge is 0.396 e. The van der Waals surface area contributed by atoms with Gasteiger partial charge in [-0.2, -0.15) is 0 Å². The Hall–Kier alpha value is -1.37. The standard InChI is InChI=1S/C12H13Cl2FN4O/c13-10-4-8(15)5-11(14)12(10)16-6-9-7-19(18-17-9)2-1-3-20/h4-5,7,16,20H,1-3,6H2. The molecule has 1 aromatic carbocycles. The highest BCUT2D eigenvalue weighted by molar-refractivity contribution is 6.39. The summed E-state index contributed by atoms with van der Waals surface area (Å²) in [6.07, 6.45) is 2.37. The van der Waals surface area contributed by atoms with E-state index in [0.29, 0.717) is 30.9 Å². The minimum Gasteiger partial charge on any atom is -0.396 e. The zero-order valence-electron chi connectivity index (χ0n) is 10.5. The van der Waals surface area contributed by atoms with Crippen molar-refractivity contribution in [2.75, 3.05) is 11.9 Å². The number of nitrogens with one attached hydrogen (secondary N) is 1. The lowest BCUT2D eigenvalue weighted by molar-refractivity contribution is 0.276. The highest BCUT2D eigenvalue weighted by atomic mass is 35.5. The summed E-state index contributed by atoms with van der Waals surface area (Å²) in [6, 6.07) is 2.38. The molecule has 0 radical (unpaired) electrons. The number of aliphatic hydroxyl groups excluding tert-OH is 1. The van der Waals surface area contributed by atoms with Crippen LogP contribution in [0.5, 0.6) is 0 Å². The van der Waals surface area contributed by atoms with Crippen LogP contribution in [0, 0.1) is 5.82 Å². The first-order chi connectivity index (χ1) is 9.60. The summed E-state index contributed by atoms with van der Waals surface area (Å²) >= 11 is 11.8. The first-order valence-corrected chi connectivity index (χ1v) is 6.74. The van der Waals surface area contributed by atoms with Crippen molar-refractivity contribution in [3.63, 3.8) is 0 Å². The summed E-state index contributed by atoms with van der Waals surface area (Å²) < 4.78 is 14.7. The van der Waals surface area contributed by atoms with E-state index in [-0.39, 0.29) is 16.7 Å². The molecule has 0 aliphatic rings. The van der Waals surface area contributed by atoms with Gasteiger partial charge in [0.2, 0.25) is 0 Å². The van der Waals surface area contributed by atoms with Crippen molar-refractivity contribution in [3.05, 3.63) is 39.9 Å². The van der Waals surface area contributed by atoms with E-state index in [1.165, 1.54) is 12.1 Å². The number of hydrogen-bond donors (Lipinski definition) is 2. The summed E-state index contributed by atoms with van der Waals surface area (Å²) in [5.41, 5.74) is 1.15. The Morgan fingerprint density at radius 2 is 2.00 bits per heavy atom. The molecule has 20 heavy (non-hydrogen) atoms. The van der Waals surface area contributed by atoms with Crippen molar-refractivity contribution in [1.82, 2.24) is 15.0 Å². The van der Waals surface area contributed by atoms with Gasteiger partial charge in [-0.15, -0.1) is 5.10 Å². The highest BCUT2D eigenvalue weighted by Gasteiger charge is 2.09. The molecule has 0 saturated carbocycles. The molecule has 0 aliphatic carbocycles. The van der Waals surface area contributed by atoms with Crippen LogP contribution in [0.1, 0.15) is 12.1 Å². The van der Waals surface area contributed by atoms with Crippen LogP contribution in [0.15, 0.2) is 18.3 Å². The molecule has 0 fully saturated rings. The quantitative estimate of drug-likeness (QED) is 0.859. The smallest absolute Gasteiger partial charge is 0.126 e. The molecule has 0 bridgehead atoms. The second-order valence-corrected chi connectivity index (χ2v) is 4.96. The first-order valence-electron chi connectivity index (χ1n) is 5.98. The number of aromatic nitrogens is 3. The topological polar surface area (TPSA) is 63.0 Å². The van der Waals surface area contributed by atoms with E-state index in [2.05, 4.69) is 15.6 Å². The molecule has 0 amide bonds. The van der Waals surface area contributed by atoms with Crippen molar-refractivity contribution in [3.8, 4) is 0 Å². The van der Waals surface area contributed by atoms with Gasteiger partial charge < -0.3 is 10.4 Å². The zero-order chi connectivity index (χ0) is 14.5. The Kier molecular flexibility index (Phi) is 5.17. The minimum absolute atomic E-state index is 0.105.